The first-order valence-electron chi connectivity index (χ1n) is 7.01. The molecule has 21 heavy (non-hydrogen) atoms. The van der Waals surface area contributed by atoms with Crippen LogP contribution in [0.2, 0.25) is 5.02 Å². The lowest BCUT2D eigenvalue weighted by Crippen LogP contribution is -2.12. The molecule has 110 valence electrons. The predicted molar refractivity (Wildman–Crippen MR) is 89.4 cm³/mol. The molecule has 3 nitrogen and oxygen atoms in total. The van der Waals surface area contributed by atoms with Gasteiger partial charge >= 0.3 is 0 Å². The van der Waals surface area contributed by atoms with Crippen LogP contribution < -0.4 is 10.6 Å². The van der Waals surface area contributed by atoms with E-state index in [1.807, 2.05) is 43.3 Å². The third-order valence-electron chi connectivity index (χ3n) is 3.16. The average Bonchev–Trinajstić information content (AvgIpc) is 2.49. The van der Waals surface area contributed by atoms with Gasteiger partial charge < -0.3 is 10.6 Å². The molecule has 0 aliphatic rings. The predicted octanol–water partition coefficient (Wildman–Crippen LogP) is 4.72. The van der Waals surface area contributed by atoms with Gasteiger partial charge in [0.05, 0.1) is 0 Å². The van der Waals surface area contributed by atoms with Crippen molar-refractivity contribution >= 4 is 28.9 Å². The Morgan fingerprint density at radius 2 is 1.76 bits per heavy atom. The number of halogens is 1. The highest BCUT2D eigenvalue weighted by molar-refractivity contribution is 6.31. The Kier molecular flexibility index (Phi) is 5.23. The number of amides is 1. The number of nitrogens with one attached hydrogen (secondary N) is 2. The molecule has 0 fully saturated rings. The lowest BCUT2D eigenvalue weighted by atomic mass is 10.1. The summed E-state index contributed by atoms with van der Waals surface area (Å²) in [5.74, 6) is -0.142. The fourth-order valence-electron chi connectivity index (χ4n) is 1.88. The lowest BCUT2D eigenvalue weighted by molar-refractivity contribution is 0.102. The van der Waals surface area contributed by atoms with Crippen LogP contribution in [0.15, 0.2) is 42.5 Å². The summed E-state index contributed by atoms with van der Waals surface area (Å²) in [7, 11) is 0. The molecule has 2 aromatic carbocycles. The van der Waals surface area contributed by atoms with Crippen LogP contribution in [0.1, 0.15) is 29.3 Å². The zero-order valence-corrected chi connectivity index (χ0v) is 13.0. The van der Waals surface area contributed by atoms with E-state index in [2.05, 4.69) is 17.6 Å². The zero-order chi connectivity index (χ0) is 15.2. The molecule has 0 saturated carbocycles. The Hall–Kier alpha value is -2.00. The van der Waals surface area contributed by atoms with Gasteiger partial charge in [0.15, 0.2) is 0 Å². The average molecular weight is 303 g/mol. The van der Waals surface area contributed by atoms with Gasteiger partial charge in [0, 0.05) is 28.5 Å². The van der Waals surface area contributed by atoms with Crippen molar-refractivity contribution in [1.82, 2.24) is 0 Å². The van der Waals surface area contributed by atoms with Gasteiger partial charge in [0.1, 0.15) is 0 Å². The van der Waals surface area contributed by atoms with E-state index < -0.39 is 0 Å². The number of carbonyl (C=O) groups is 1. The van der Waals surface area contributed by atoms with Gasteiger partial charge in [-0.1, -0.05) is 24.6 Å². The summed E-state index contributed by atoms with van der Waals surface area (Å²) < 4.78 is 0. The fraction of sp³-hybridized carbons (Fsp3) is 0.235. The molecule has 0 aromatic heterocycles. The number of rotatable bonds is 5. The van der Waals surface area contributed by atoms with Gasteiger partial charge in [-0.05, 0) is 55.3 Å². The van der Waals surface area contributed by atoms with E-state index in [1.165, 1.54) is 0 Å². The number of carbonyl (C=O) groups excluding carboxylic acids is 1. The number of hydrogen-bond acceptors (Lipinski definition) is 2. The Balaban J connectivity index is 2.04. The molecule has 2 aromatic rings. The minimum atomic E-state index is -0.142. The first kappa shape index (κ1) is 15.4. The van der Waals surface area contributed by atoms with E-state index in [0.29, 0.717) is 16.3 Å². The van der Waals surface area contributed by atoms with Crippen LogP contribution in [0.4, 0.5) is 11.4 Å². The first-order valence-corrected chi connectivity index (χ1v) is 7.39. The van der Waals surface area contributed by atoms with E-state index >= 15 is 0 Å². The number of anilines is 2. The summed E-state index contributed by atoms with van der Waals surface area (Å²) in [6.07, 6.45) is 1.07. The van der Waals surface area contributed by atoms with Crippen molar-refractivity contribution in [2.45, 2.75) is 20.3 Å². The summed E-state index contributed by atoms with van der Waals surface area (Å²) in [6, 6.07) is 12.9. The smallest absolute Gasteiger partial charge is 0.255 e. The third-order valence-corrected chi connectivity index (χ3v) is 3.56. The standard InChI is InChI=1S/C17H19ClN2O/c1-3-10-19-14-8-5-13(6-9-14)17(21)20-15-7-4-12(2)16(18)11-15/h4-9,11,19H,3,10H2,1-2H3,(H,20,21). The SMILES string of the molecule is CCCNc1ccc(C(=O)Nc2ccc(C)c(Cl)c2)cc1. The maximum atomic E-state index is 12.2. The molecule has 0 bridgehead atoms. The Bertz CT molecular complexity index is 623. The quantitative estimate of drug-likeness (QED) is 0.839. The van der Waals surface area contributed by atoms with E-state index in [0.717, 1.165) is 24.2 Å². The molecule has 0 heterocycles. The molecule has 0 atom stereocenters. The van der Waals surface area contributed by atoms with Crippen molar-refractivity contribution < 1.29 is 4.79 Å². The normalized spacial score (nSPS) is 10.2. The minimum absolute atomic E-state index is 0.142. The Labute approximate surface area is 130 Å². The van der Waals surface area contributed by atoms with Crippen molar-refractivity contribution in [3.8, 4) is 0 Å². The van der Waals surface area contributed by atoms with E-state index in [-0.39, 0.29) is 5.91 Å². The van der Waals surface area contributed by atoms with Gasteiger partial charge in [-0.15, -0.1) is 0 Å². The molecule has 0 spiro atoms. The summed E-state index contributed by atoms with van der Waals surface area (Å²) >= 11 is 6.05. The molecule has 1 amide bonds. The van der Waals surface area contributed by atoms with Gasteiger partial charge in [-0.3, -0.25) is 4.79 Å². The number of benzene rings is 2. The van der Waals surface area contributed by atoms with Gasteiger partial charge in [0.2, 0.25) is 0 Å². The molecule has 0 radical (unpaired) electrons. The molecule has 4 heteroatoms. The van der Waals surface area contributed by atoms with Crippen LogP contribution in [0.25, 0.3) is 0 Å². The van der Waals surface area contributed by atoms with Crippen LogP contribution in [0, 0.1) is 6.92 Å². The molecule has 2 N–H and O–H groups in total. The second kappa shape index (κ2) is 7.14. The van der Waals surface area contributed by atoms with Crippen molar-refractivity contribution in [2.24, 2.45) is 0 Å². The summed E-state index contributed by atoms with van der Waals surface area (Å²) in [5.41, 5.74) is 3.32. The Morgan fingerprint density at radius 3 is 2.38 bits per heavy atom. The monoisotopic (exact) mass is 302 g/mol. The first-order chi connectivity index (χ1) is 10.1. The lowest BCUT2D eigenvalue weighted by Gasteiger charge is -2.08. The van der Waals surface area contributed by atoms with E-state index in [4.69, 9.17) is 11.6 Å². The largest absolute Gasteiger partial charge is 0.385 e. The molecule has 0 unspecified atom stereocenters. The van der Waals surface area contributed by atoms with Crippen LogP contribution in [0.5, 0.6) is 0 Å². The highest BCUT2D eigenvalue weighted by atomic mass is 35.5. The second-order valence-corrected chi connectivity index (χ2v) is 5.33. The molecule has 0 aliphatic carbocycles. The van der Waals surface area contributed by atoms with Gasteiger partial charge in [-0.25, -0.2) is 0 Å². The highest BCUT2D eigenvalue weighted by Crippen LogP contribution is 2.20. The van der Waals surface area contributed by atoms with Crippen molar-refractivity contribution in [2.75, 3.05) is 17.2 Å². The van der Waals surface area contributed by atoms with E-state index in [1.54, 1.807) is 6.07 Å². The molecular formula is C17H19ClN2O. The van der Waals surface area contributed by atoms with Gasteiger partial charge in [-0.2, -0.15) is 0 Å². The van der Waals surface area contributed by atoms with Crippen molar-refractivity contribution in [3.05, 3.63) is 58.6 Å². The second-order valence-electron chi connectivity index (χ2n) is 4.92. The molecular weight excluding hydrogens is 284 g/mol. The number of hydrogen-bond donors (Lipinski definition) is 2. The van der Waals surface area contributed by atoms with Crippen molar-refractivity contribution in [1.29, 1.82) is 0 Å². The van der Waals surface area contributed by atoms with Crippen LogP contribution >= 0.6 is 11.6 Å². The van der Waals surface area contributed by atoms with Crippen molar-refractivity contribution in [3.63, 3.8) is 0 Å². The molecule has 0 aliphatic heterocycles. The van der Waals surface area contributed by atoms with Gasteiger partial charge in [0.25, 0.3) is 5.91 Å². The van der Waals surface area contributed by atoms with Crippen LogP contribution in [-0.4, -0.2) is 12.5 Å². The maximum absolute atomic E-state index is 12.2. The summed E-state index contributed by atoms with van der Waals surface area (Å²) in [6.45, 7) is 4.96. The topological polar surface area (TPSA) is 41.1 Å². The van der Waals surface area contributed by atoms with Crippen LogP contribution in [-0.2, 0) is 0 Å². The van der Waals surface area contributed by atoms with E-state index in [9.17, 15) is 4.79 Å². The number of aryl methyl sites for hydroxylation is 1. The summed E-state index contributed by atoms with van der Waals surface area (Å²) in [4.78, 5) is 12.2. The summed E-state index contributed by atoms with van der Waals surface area (Å²) in [5, 5.41) is 6.77. The maximum Gasteiger partial charge on any atom is 0.255 e. The Morgan fingerprint density at radius 1 is 1.10 bits per heavy atom. The molecule has 2 rings (SSSR count). The zero-order valence-electron chi connectivity index (χ0n) is 12.2. The molecule has 0 saturated heterocycles. The minimum Gasteiger partial charge on any atom is -0.385 e. The van der Waals surface area contributed by atoms with Crippen LogP contribution in [0.3, 0.4) is 0 Å². The fourth-order valence-corrected chi connectivity index (χ4v) is 2.06. The third kappa shape index (κ3) is 4.23. The highest BCUT2D eigenvalue weighted by Gasteiger charge is 2.07.